The lowest BCUT2D eigenvalue weighted by Crippen LogP contribution is -2.20. The van der Waals surface area contributed by atoms with Gasteiger partial charge in [0, 0.05) is 11.3 Å². The molecule has 5 nitrogen and oxygen atoms in total. The van der Waals surface area contributed by atoms with Gasteiger partial charge in [0.05, 0.1) is 11.4 Å². The van der Waals surface area contributed by atoms with Crippen LogP contribution < -0.4 is 10.6 Å². The van der Waals surface area contributed by atoms with Crippen molar-refractivity contribution in [3.05, 3.63) is 66.5 Å². The second-order valence-corrected chi connectivity index (χ2v) is 6.61. The molecule has 132 valence electrons. The van der Waals surface area contributed by atoms with E-state index in [1.807, 2.05) is 24.3 Å². The molecule has 0 saturated heterocycles. The molecule has 7 heteroatoms. The Bertz CT molecular complexity index is 902. The van der Waals surface area contributed by atoms with Crippen LogP contribution in [0.2, 0.25) is 0 Å². The number of carbonyl (C=O) groups excluding carboxylic acids is 1. The van der Waals surface area contributed by atoms with Gasteiger partial charge in [-0.15, -0.1) is 22.0 Å². The van der Waals surface area contributed by atoms with Crippen molar-refractivity contribution in [3.63, 3.8) is 0 Å². The zero-order chi connectivity index (χ0) is 18.4. The lowest BCUT2D eigenvalue weighted by Gasteiger charge is -2.09. The summed E-state index contributed by atoms with van der Waals surface area (Å²) in [5, 5.41) is 14.4. The molecule has 0 aliphatic rings. The number of benzene rings is 2. The van der Waals surface area contributed by atoms with Gasteiger partial charge in [-0.05, 0) is 42.2 Å². The molecular weight excluding hydrogens is 351 g/mol. The Morgan fingerprint density at radius 2 is 1.88 bits per heavy atom. The molecule has 0 unspecified atom stereocenters. The smallest absolute Gasteiger partial charge is 0.308 e. The Kier molecular flexibility index (Phi) is 5.80. The number of hydrogen-bond acceptors (Lipinski definition) is 4. The maximum absolute atomic E-state index is 13.6. The summed E-state index contributed by atoms with van der Waals surface area (Å²) in [4.78, 5) is 12.1. The Morgan fingerprint density at radius 1 is 1.04 bits per heavy atom. The third kappa shape index (κ3) is 4.58. The first-order chi connectivity index (χ1) is 12.7. The summed E-state index contributed by atoms with van der Waals surface area (Å²) >= 11 is 1.62. The maximum Gasteiger partial charge on any atom is 0.323 e. The van der Waals surface area contributed by atoms with Crippen molar-refractivity contribution in [2.45, 2.75) is 11.9 Å². The average molecular weight is 368 g/mol. The van der Waals surface area contributed by atoms with Crippen molar-refractivity contribution in [2.75, 3.05) is 16.4 Å². The van der Waals surface area contributed by atoms with Crippen LogP contribution in [-0.2, 0) is 0 Å². The van der Waals surface area contributed by atoms with Gasteiger partial charge in [-0.25, -0.2) is 9.18 Å². The first kappa shape index (κ1) is 17.9. The molecule has 0 saturated carbocycles. The molecule has 0 spiro atoms. The second kappa shape index (κ2) is 8.44. The molecule has 0 radical (unpaired) electrons. The number of halogens is 1. The quantitative estimate of drug-likeness (QED) is 0.619. The highest BCUT2D eigenvalue weighted by molar-refractivity contribution is 7.99. The van der Waals surface area contributed by atoms with Crippen LogP contribution in [0, 0.1) is 5.82 Å². The third-order valence-electron chi connectivity index (χ3n) is 3.47. The van der Waals surface area contributed by atoms with E-state index in [0.717, 1.165) is 16.3 Å². The highest BCUT2D eigenvalue weighted by atomic mass is 32.2. The molecule has 3 rings (SSSR count). The van der Waals surface area contributed by atoms with Crippen LogP contribution in [0.5, 0.6) is 0 Å². The lowest BCUT2D eigenvalue weighted by molar-refractivity contribution is 0.262. The van der Waals surface area contributed by atoms with E-state index in [1.54, 1.807) is 36.0 Å². The zero-order valence-corrected chi connectivity index (χ0v) is 14.9. The topological polar surface area (TPSA) is 66.9 Å². The van der Waals surface area contributed by atoms with Crippen molar-refractivity contribution in [3.8, 4) is 11.3 Å². The molecule has 26 heavy (non-hydrogen) atoms. The van der Waals surface area contributed by atoms with E-state index in [2.05, 4.69) is 27.8 Å². The van der Waals surface area contributed by atoms with Gasteiger partial charge >= 0.3 is 6.03 Å². The Morgan fingerprint density at radius 3 is 2.62 bits per heavy atom. The van der Waals surface area contributed by atoms with Gasteiger partial charge < -0.3 is 10.6 Å². The van der Waals surface area contributed by atoms with Crippen LogP contribution in [0.3, 0.4) is 0 Å². The molecular formula is C19H17FN4OS. The molecule has 2 N–H and O–H groups in total. The summed E-state index contributed by atoms with van der Waals surface area (Å²) in [5.41, 5.74) is 2.24. The van der Waals surface area contributed by atoms with Crippen LogP contribution in [0.25, 0.3) is 11.3 Å². The summed E-state index contributed by atoms with van der Waals surface area (Å²) in [6, 6.07) is 16.5. The summed E-state index contributed by atoms with van der Waals surface area (Å²) in [5.74, 6) is 0.446. The van der Waals surface area contributed by atoms with E-state index in [1.165, 1.54) is 12.1 Å². The molecule has 1 aromatic heterocycles. The van der Waals surface area contributed by atoms with Crippen LogP contribution in [-0.4, -0.2) is 22.0 Å². The molecule has 2 amide bonds. The largest absolute Gasteiger partial charge is 0.323 e. The summed E-state index contributed by atoms with van der Waals surface area (Å²) in [6.45, 7) is 2.06. The summed E-state index contributed by atoms with van der Waals surface area (Å²) in [6.07, 6.45) is 0. The fraction of sp³-hybridized carbons (Fsp3) is 0.105. The van der Waals surface area contributed by atoms with E-state index >= 15 is 0 Å². The summed E-state index contributed by atoms with van der Waals surface area (Å²) in [7, 11) is 0. The lowest BCUT2D eigenvalue weighted by atomic mass is 10.1. The van der Waals surface area contributed by atoms with Gasteiger partial charge in [-0.3, -0.25) is 0 Å². The molecule has 0 fully saturated rings. The Labute approximate surface area is 155 Å². The number of thioether (sulfide) groups is 1. The molecule has 0 aliphatic heterocycles. The molecule has 0 aliphatic carbocycles. The van der Waals surface area contributed by atoms with E-state index in [-0.39, 0.29) is 5.69 Å². The van der Waals surface area contributed by atoms with Crippen LogP contribution in [0.15, 0.2) is 65.7 Å². The maximum atomic E-state index is 13.6. The minimum Gasteiger partial charge on any atom is -0.308 e. The van der Waals surface area contributed by atoms with Gasteiger partial charge in [0.25, 0.3) is 0 Å². The van der Waals surface area contributed by atoms with Gasteiger partial charge in [0.1, 0.15) is 10.8 Å². The Hall–Kier alpha value is -2.93. The van der Waals surface area contributed by atoms with Gasteiger partial charge in [-0.2, -0.15) is 0 Å². The SMILES string of the molecule is CCSc1ccc(-c2cccc(NC(=O)Nc3ccccc3F)c2)nn1. The number of nitrogens with zero attached hydrogens (tertiary/aromatic N) is 2. The third-order valence-corrected chi connectivity index (χ3v) is 4.27. The standard InChI is InChI=1S/C19H17FN4OS/c1-2-26-18-11-10-16(23-24-18)13-6-5-7-14(12-13)21-19(25)22-17-9-4-3-8-15(17)20/h3-12H,2H2,1H3,(H2,21,22,25). The molecule has 3 aromatic rings. The number of hydrogen-bond donors (Lipinski definition) is 2. The van der Waals surface area contributed by atoms with Crippen molar-refractivity contribution in [1.29, 1.82) is 0 Å². The first-order valence-corrected chi connectivity index (χ1v) is 9.04. The zero-order valence-electron chi connectivity index (χ0n) is 14.1. The second-order valence-electron chi connectivity index (χ2n) is 5.33. The van der Waals surface area contributed by atoms with E-state index < -0.39 is 11.8 Å². The summed E-state index contributed by atoms with van der Waals surface area (Å²) < 4.78 is 13.6. The van der Waals surface area contributed by atoms with Crippen LogP contribution in [0.4, 0.5) is 20.6 Å². The monoisotopic (exact) mass is 368 g/mol. The average Bonchev–Trinajstić information content (AvgIpc) is 2.65. The normalized spacial score (nSPS) is 10.4. The van der Waals surface area contributed by atoms with E-state index in [9.17, 15) is 9.18 Å². The van der Waals surface area contributed by atoms with Gasteiger partial charge in [0.2, 0.25) is 0 Å². The number of nitrogens with one attached hydrogen (secondary N) is 2. The molecule has 1 heterocycles. The van der Waals surface area contributed by atoms with Gasteiger partial charge in [-0.1, -0.05) is 31.2 Å². The fourth-order valence-corrected chi connectivity index (χ4v) is 2.86. The molecule has 0 bridgehead atoms. The van der Waals surface area contributed by atoms with Gasteiger partial charge in [0.15, 0.2) is 0 Å². The number of rotatable bonds is 5. The number of carbonyl (C=O) groups is 1. The highest BCUT2D eigenvalue weighted by Crippen LogP contribution is 2.22. The molecule has 0 atom stereocenters. The van der Waals surface area contributed by atoms with Crippen molar-refractivity contribution < 1.29 is 9.18 Å². The van der Waals surface area contributed by atoms with Crippen LogP contribution >= 0.6 is 11.8 Å². The number of aromatic nitrogens is 2. The highest BCUT2D eigenvalue weighted by Gasteiger charge is 2.08. The molecule has 2 aromatic carbocycles. The van der Waals surface area contributed by atoms with Crippen molar-refractivity contribution >= 4 is 29.2 Å². The van der Waals surface area contributed by atoms with E-state index in [4.69, 9.17) is 0 Å². The predicted molar refractivity (Wildman–Crippen MR) is 103 cm³/mol. The number of urea groups is 1. The minimum absolute atomic E-state index is 0.121. The van der Waals surface area contributed by atoms with Crippen molar-refractivity contribution in [2.24, 2.45) is 0 Å². The van der Waals surface area contributed by atoms with Crippen molar-refractivity contribution in [1.82, 2.24) is 10.2 Å². The minimum atomic E-state index is -0.520. The fourth-order valence-electron chi connectivity index (χ4n) is 2.30. The number of anilines is 2. The van der Waals surface area contributed by atoms with Crippen LogP contribution in [0.1, 0.15) is 6.92 Å². The first-order valence-electron chi connectivity index (χ1n) is 8.05. The predicted octanol–water partition coefficient (Wildman–Crippen LogP) is 5.04. The number of para-hydroxylation sites is 1. The Balaban J connectivity index is 1.71. The number of amides is 2. The van der Waals surface area contributed by atoms with E-state index in [0.29, 0.717) is 11.4 Å².